The van der Waals surface area contributed by atoms with Crippen LogP contribution in [0.2, 0.25) is 0 Å². The van der Waals surface area contributed by atoms with Crippen LogP contribution in [0.1, 0.15) is 39.2 Å². The summed E-state index contributed by atoms with van der Waals surface area (Å²) in [5, 5.41) is 15.9. The molecule has 0 saturated carbocycles. The molecule has 0 aliphatic carbocycles. The van der Waals surface area contributed by atoms with Gasteiger partial charge in [0, 0.05) is 5.69 Å². The van der Waals surface area contributed by atoms with E-state index in [1.165, 1.54) is 18.4 Å². The molecule has 0 amide bonds. The largest absolute Gasteiger partial charge is 0.394 e. The number of hydrogen-bond donors (Lipinski definition) is 3. The summed E-state index contributed by atoms with van der Waals surface area (Å²) in [6.07, 6.45) is 3.55. The van der Waals surface area contributed by atoms with E-state index < -0.39 is 5.54 Å². The second kappa shape index (κ2) is 7.46. The number of aliphatic hydroxyl groups excluding tert-OH is 1. The first-order valence-electron chi connectivity index (χ1n) is 6.76. The van der Waals surface area contributed by atoms with Gasteiger partial charge in [-0.15, -0.1) is 0 Å². The van der Waals surface area contributed by atoms with Crippen LogP contribution in [0.15, 0.2) is 24.3 Å². The second-order valence-electron chi connectivity index (χ2n) is 5.42. The summed E-state index contributed by atoms with van der Waals surface area (Å²) in [7, 11) is 0. The van der Waals surface area contributed by atoms with Crippen LogP contribution < -0.4 is 10.6 Å². The molecule has 0 aliphatic rings. The topological polar surface area (TPSA) is 44.3 Å². The molecule has 0 saturated heterocycles. The highest BCUT2D eigenvalue weighted by Gasteiger charge is 2.16. The average Bonchev–Trinajstić information content (AvgIpc) is 2.37. The normalized spacial score (nSPS) is 11.2. The fourth-order valence-electron chi connectivity index (χ4n) is 1.64. The van der Waals surface area contributed by atoms with Crippen LogP contribution in [-0.4, -0.2) is 22.4 Å². The second-order valence-corrected chi connectivity index (χ2v) is 5.83. The zero-order chi connectivity index (χ0) is 14.3. The molecule has 4 heteroatoms. The predicted molar refractivity (Wildman–Crippen MR) is 85.6 cm³/mol. The smallest absolute Gasteiger partial charge is 0.171 e. The highest BCUT2D eigenvalue weighted by Crippen LogP contribution is 2.12. The lowest BCUT2D eigenvalue weighted by atomic mass is 10.1. The van der Waals surface area contributed by atoms with Gasteiger partial charge in [-0.05, 0) is 56.6 Å². The average molecular weight is 280 g/mol. The van der Waals surface area contributed by atoms with Crippen molar-refractivity contribution < 1.29 is 5.11 Å². The summed E-state index contributed by atoms with van der Waals surface area (Å²) in [5.41, 5.74) is 1.90. The standard InChI is InChI=1S/C15H24N2OS/c1-4-5-6-12-7-9-13(10-8-12)16-14(19)17-15(2,3)11-18/h7-10,18H,4-6,11H2,1-3H3,(H2,16,17,19). The van der Waals surface area contributed by atoms with E-state index in [1.54, 1.807) is 0 Å². The Morgan fingerprint density at radius 3 is 2.42 bits per heavy atom. The van der Waals surface area contributed by atoms with E-state index in [1.807, 2.05) is 26.0 Å². The van der Waals surface area contributed by atoms with Gasteiger partial charge < -0.3 is 15.7 Å². The van der Waals surface area contributed by atoms with Gasteiger partial charge in [-0.3, -0.25) is 0 Å². The van der Waals surface area contributed by atoms with E-state index >= 15 is 0 Å². The maximum Gasteiger partial charge on any atom is 0.171 e. The van der Waals surface area contributed by atoms with E-state index in [0.717, 1.165) is 12.1 Å². The summed E-state index contributed by atoms with van der Waals surface area (Å²) in [4.78, 5) is 0. The Morgan fingerprint density at radius 1 is 1.26 bits per heavy atom. The summed E-state index contributed by atoms with van der Waals surface area (Å²) in [6.45, 7) is 6.03. The van der Waals surface area contributed by atoms with Crippen molar-refractivity contribution in [3.8, 4) is 0 Å². The van der Waals surface area contributed by atoms with Gasteiger partial charge in [-0.2, -0.15) is 0 Å². The highest BCUT2D eigenvalue weighted by atomic mass is 32.1. The van der Waals surface area contributed by atoms with E-state index in [4.69, 9.17) is 12.2 Å². The molecule has 106 valence electrons. The van der Waals surface area contributed by atoms with Crippen molar-refractivity contribution >= 4 is 23.0 Å². The Balaban J connectivity index is 2.51. The molecule has 0 radical (unpaired) electrons. The van der Waals surface area contributed by atoms with E-state index in [2.05, 4.69) is 29.7 Å². The molecule has 19 heavy (non-hydrogen) atoms. The van der Waals surface area contributed by atoms with E-state index in [-0.39, 0.29) is 6.61 Å². The first-order valence-corrected chi connectivity index (χ1v) is 7.16. The minimum atomic E-state index is -0.412. The quantitative estimate of drug-likeness (QED) is 0.701. The van der Waals surface area contributed by atoms with E-state index in [9.17, 15) is 5.11 Å². The third-order valence-electron chi connectivity index (χ3n) is 2.88. The summed E-state index contributed by atoms with van der Waals surface area (Å²) in [6, 6.07) is 8.31. The summed E-state index contributed by atoms with van der Waals surface area (Å²) < 4.78 is 0. The number of rotatable bonds is 6. The molecule has 1 aromatic carbocycles. The Bertz CT molecular complexity index is 401. The van der Waals surface area contributed by atoms with Crippen LogP contribution in [0, 0.1) is 0 Å². The first-order chi connectivity index (χ1) is 8.96. The van der Waals surface area contributed by atoms with Crippen LogP contribution in [0.4, 0.5) is 5.69 Å². The molecule has 0 unspecified atom stereocenters. The molecule has 0 aromatic heterocycles. The lowest BCUT2D eigenvalue weighted by Gasteiger charge is -2.25. The predicted octanol–water partition coefficient (Wildman–Crippen LogP) is 3.09. The van der Waals surface area contributed by atoms with Crippen molar-refractivity contribution in [3.63, 3.8) is 0 Å². The van der Waals surface area contributed by atoms with Gasteiger partial charge in [0.05, 0.1) is 12.1 Å². The van der Waals surface area contributed by atoms with Gasteiger partial charge in [-0.25, -0.2) is 0 Å². The monoisotopic (exact) mass is 280 g/mol. The molecule has 1 rings (SSSR count). The molecule has 0 aliphatic heterocycles. The van der Waals surface area contributed by atoms with Crippen molar-refractivity contribution in [1.82, 2.24) is 5.32 Å². The number of aliphatic hydroxyl groups is 1. The summed E-state index contributed by atoms with van der Waals surface area (Å²) in [5.74, 6) is 0. The van der Waals surface area contributed by atoms with Gasteiger partial charge in [0.15, 0.2) is 5.11 Å². The fraction of sp³-hybridized carbons (Fsp3) is 0.533. The summed E-state index contributed by atoms with van der Waals surface area (Å²) >= 11 is 5.22. The molecular weight excluding hydrogens is 256 g/mol. The van der Waals surface area contributed by atoms with Gasteiger partial charge in [0.1, 0.15) is 0 Å². The Morgan fingerprint density at radius 2 is 1.89 bits per heavy atom. The number of hydrogen-bond acceptors (Lipinski definition) is 2. The number of nitrogens with one attached hydrogen (secondary N) is 2. The number of benzene rings is 1. The zero-order valence-corrected chi connectivity index (χ0v) is 12.8. The van der Waals surface area contributed by atoms with Gasteiger partial charge >= 0.3 is 0 Å². The van der Waals surface area contributed by atoms with Crippen LogP contribution in [0.25, 0.3) is 0 Å². The van der Waals surface area contributed by atoms with Gasteiger partial charge in [0.2, 0.25) is 0 Å². The molecule has 3 nitrogen and oxygen atoms in total. The van der Waals surface area contributed by atoms with Crippen molar-refractivity contribution in [3.05, 3.63) is 29.8 Å². The maximum atomic E-state index is 9.18. The first kappa shape index (κ1) is 15.9. The Hall–Kier alpha value is -1.13. The van der Waals surface area contributed by atoms with Crippen LogP contribution in [0.3, 0.4) is 0 Å². The van der Waals surface area contributed by atoms with Crippen molar-refractivity contribution in [2.24, 2.45) is 0 Å². The maximum absolute atomic E-state index is 9.18. The highest BCUT2D eigenvalue weighted by molar-refractivity contribution is 7.80. The molecular formula is C15H24N2OS. The molecule has 1 aromatic rings. The Labute approximate surface area is 121 Å². The lowest BCUT2D eigenvalue weighted by Crippen LogP contribution is -2.47. The molecule has 0 heterocycles. The minimum absolute atomic E-state index is 0.0325. The lowest BCUT2D eigenvalue weighted by molar-refractivity contribution is 0.207. The number of aryl methyl sites for hydroxylation is 1. The minimum Gasteiger partial charge on any atom is -0.394 e. The number of unbranched alkanes of at least 4 members (excludes halogenated alkanes) is 1. The van der Waals surface area contributed by atoms with Crippen molar-refractivity contribution in [1.29, 1.82) is 0 Å². The SMILES string of the molecule is CCCCc1ccc(NC(=S)NC(C)(C)CO)cc1. The van der Waals surface area contributed by atoms with Gasteiger partial charge in [-0.1, -0.05) is 25.5 Å². The molecule has 0 atom stereocenters. The van der Waals surface area contributed by atoms with Crippen molar-refractivity contribution in [2.75, 3.05) is 11.9 Å². The molecule has 0 fully saturated rings. The molecule has 3 N–H and O–H groups in total. The molecule has 0 spiro atoms. The third-order valence-corrected chi connectivity index (χ3v) is 3.08. The third kappa shape index (κ3) is 6.03. The Kier molecular flexibility index (Phi) is 6.25. The fourth-order valence-corrected chi connectivity index (χ4v) is 2.04. The number of thiocarbonyl (C=S) groups is 1. The number of anilines is 1. The molecule has 0 bridgehead atoms. The van der Waals surface area contributed by atoms with Crippen LogP contribution >= 0.6 is 12.2 Å². The van der Waals surface area contributed by atoms with E-state index in [0.29, 0.717) is 5.11 Å². The van der Waals surface area contributed by atoms with Crippen LogP contribution in [-0.2, 0) is 6.42 Å². The zero-order valence-electron chi connectivity index (χ0n) is 12.0. The van der Waals surface area contributed by atoms with Crippen molar-refractivity contribution in [2.45, 2.75) is 45.6 Å². The van der Waals surface area contributed by atoms with Gasteiger partial charge in [0.25, 0.3) is 0 Å². The van der Waals surface area contributed by atoms with Crippen LogP contribution in [0.5, 0.6) is 0 Å².